The molecule has 0 saturated heterocycles. The Kier molecular flexibility index (Phi) is 3.52. The summed E-state index contributed by atoms with van der Waals surface area (Å²) in [7, 11) is 0. The molecule has 0 bridgehead atoms. The minimum Gasteiger partial charge on any atom is -0.478 e. The van der Waals surface area contributed by atoms with Crippen molar-refractivity contribution >= 4 is 5.97 Å². The Morgan fingerprint density at radius 1 is 1.33 bits per heavy atom. The summed E-state index contributed by atoms with van der Waals surface area (Å²) >= 11 is 0. The molecule has 2 aromatic rings. The predicted octanol–water partition coefficient (Wildman–Crippen LogP) is 2.50. The third kappa shape index (κ3) is 2.82. The second-order valence-corrected chi connectivity index (χ2v) is 3.57. The number of carboxylic acid groups (broad SMARTS) is 1. The number of ether oxygens (including phenoxy) is 1. The number of rotatable bonds is 4. The summed E-state index contributed by atoms with van der Waals surface area (Å²) in [6.07, 6.45) is 1.57. The van der Waals surface area contributed by atoms with E-state index in [2.05, 4.69) is 4.98 Å². The summed E-state index contributed by atoms with van der Waals surface area (Å²) in [5.41, 5.74) is 0.194. The monoisotopic (exact) mass is 247 g/mol. The number of aromatic carboxylic acids is 1. The Morgan fingerprint density at radius 2 is 2.17 bits per heavy atom. The Hall–Kier alpha value is -2.43. The number of hydrogen-bond donors (Lipinski definition) is 1. The zero-order valence-corrected chi connectivity index (χ0v) is 9.34. The molecule has 0 amide bonds. The van der Waals surface area contributed by atoms with Crippen molar-refractivity contribution in [2.75, 3.05) is 0 Å². The standard InChI is InChI=1S/C13H10FNO3/c14-11-7-9(13(16)17)4-5-10(11)8-18-12-3-1-2-6-15-12/h1-7H,8H2,(H,16,17). The first kappa shape index (κ1) is 12.0. The van der Waals surface area contributed by atoms with E-state index in [4.69, 9.17) is 9.84 Å². The zero-order valence-electron chi connectivity index (χ0n) is 9.34. The van der Waals surface area contributed by atoms with Crippen molar-refractivity contribution in [3.05, 3.63) is 59.5 Å². The third-order valence-electron chi connectivity index (χ3n) is 2.31. The van der Waals surface area contributed by atoms with Gasteiger partial charge in [-0.1, -0.05) is 12.1 Å². The van der Waals surface area contributed by atoms with E-state index in [9.17, 15) is 9.18 Å². The van der Waals surface area contributed by atoms with Gasteiger partial charge in [-0.15, -0.1) is 0 Å². The van der Waals surface area contributed by atoms with Gasteiger partial charge in [0.15, 0.2) is 0 Å². The second-order valence-electron chi connectivity index (χ2n) is 3.57. The van der Waals surface area contributed by atoms with Crippen molar-refractivity contribution in [1.82, 2.24) is 4.98 Å². The van der Waals surface area contributed by atoms with Crippen molar-refractivity contribution in [1.29, 1.82) is 0 Å². The molecule has 4 nitrogen and oxygen atoms in total. The minimum atomic E-state index is -1.16. The number of carbonyl (C=O) groups is 1. The van der Waals surface area contributed by atoms with E-state index in [1.807, 2.05) is 0 Å². The summed E-state index contributed by atoms with van der Waals surface area (Å²) in [6, 6.07) is 8.86. The molecule has 5 heteroatoms. The number of pyridine rings is 1. The first-order chi connectivity index (χ1) is 8.66. The molecule has 0 fully saturated rings. The minimum absolute atomic E-state index is 0.00272. The maximum Gasteiger partial charge on any atom is 0.335 e. The van der Waals surface area contributed by atoms with Crippen molar-refractivity contribution in [3.8, 4) is 5.88 Å². The number of carboxylic acids is 1. The Labute approximate surface area is 103 Å². The van der Waals surface area contributed by atoms with Crippen LogP contribution < -0.4 is 4.74 Å². The van der Waals surface area contributed by atoms with Crippen LogP contribution in [0.5, 0.6) is 5.88 Å². The lowest BCUT2D eigenvalue weighted by atomic mass is 10.1. The maximum atomic E-state index is 13.5. The van der Waals surface area contributed by atoms with Crippen LogP contribution in [-0.2, 0) is 6.61 Å². The average molecular weight is 247 g/mol. The van der Waals surface area contributed by atoms with Crippen LogP contribution in [0.4, 0.5) is 4.39 Å². The molecule has 18 heavy (non-hydrogen) atoms. The van der Waals surface area contributed by atoms with Crippen LogP contribution in [0.25, 0.3) is 0 Å². The molecule has 2 rings (SSSR count). The highest BCUT2D eigenvalue weighted by molar-refractivity contribution is 5.87. The van der Waals surface area contributed by atoms with E-state index in [1.165, 1.54) is 12.1 Å². The van der Waals surface area contributed by atoms with Gasteiger partial charge in [-0.05, 0) is 18.2 Å². The van der Waals surface area contributed by atoms with Crippen molar-refractivity contribution in [2.24, 2.45) is 0 Å². The van der Waals surface area contributed by atoms with E-state index < -0.39 is 11.8 Å². The SMILES string of the molecule is O=C(O)c1ccc(COc2ccccn2)c(F)c1. The highest BCUT2D eigenvalue weighted by atomic mass is 19.1. The summed E-state index contributed by atoms with van der Waals surface area (Å²) in [5, 5.41) is 8.70. The number of aromatic nitrogens is 1. The molecule has 92 valence electrons. The van der Waals surface area contributed by atoms with Gasteiger partial charge in [0.1, 0.15) is 12.4 Å². The quantitative estimate of drug-likeness (QED) is 0.901. The van der Waals surface area contributed by atoms with Gasteiger partial charge in [0.05, 0.1) is 5.56 Å². The van der Waals surface area contributed by atoms with Gasteiger partial charge in [0.25, 0.3) is 0 Å². The fraction of sp³-hybridized carbons (Fsp3) is 0.0769. The first-order valence-corrected chi connectivity index (χ1v) is 5.22. The lowest BCUT2D eigenvalue weighted by Gasteiger charge is -2.06. The van der Waals surface area contributed by atoms with E-state index in [1.54, 1.807) is 24.4 Å². The van der Waals surface area contributed by atoms with Gasteiger partial charge in [-0.2, -0.15) is 0 Å². The Balaban J connectivity index is 2.08. The van der Waals surface area contributed by atoms with E-state index in [-0.39, 0.29) is 17.7 Å². The van der Waals surface area contributed by atoms with Gasteiger partial charge < -0.3 is 9.84 Å². The highest BCUT2D eigenvalue weighted by Gasteiger charge is 2.08. The van der Waals surface area contributed by atoms with Gasteiger partial charge in [0, 0.05) is 17.8 Å². The average Bonchev–Trinajstić information content (AvgIpc) is 2.38. The third-order valence-corrected chi connectivity index (χ3v) is 2.31. The number of nitrogens with zero attached hydrogens (tertiary/aromatic N) is 1. The van der Waals surface area contributed by atoms with Crippen molar-refractivity contribution in [2.45, 2.75) is 6.61 Å². The van der Waals surface area contributed by atoms with Gasteiger partial charge >= 0.3 is 5.97 Å². The molecule has 0 unspecified atom stereocenters. The lowest BCUT2D eigenvalue weighted by Crippen LogP contribution is -2.03. The summed E-state index contributed by atoms with van der Waals surface area (Å²) < 4.78 is 18.8. The molecule has 1 aromatic carbocycles. The van der Waals surface area contributed by atoms with Crippen molar-refractivity contribution in [3.63, 3.8) is 0 Å². The second kappa shape index (κ2) is 5.27. The molecule has 0 aliphatic heterocycles. The van der Waals surface area contributed by atoms with Crippen LogP contribution in [0.2, 0.25) is 0 Å². The van der Waals surface area contributed by atoms with Gasteiger partial charge in [0.2, 0.25) is 5.88 Å². The summed E-state index contributed by atoms with van der Waals surface area (Å²) in [4.78, 5) is 14.6. The fourth-order valence-electron chi connectivity index (χ4n) is 1.38. The molecule has 1 N–H and O–H groups in total. The van der Waals surface area contributed by atoms with Crippen molar-refractivity contribution < 1.29 is 19.0 Å². The topological polar surface area (TPSA) is 59.4 Å². The first-order valence-electron chi connectivity index (χ1n) is 5.22. The van der Waals surface area contributed by atoms with Gasteiger partial charge in [-0.3, -0.25) is 0 Å². The van der Waals surface area contributed by atoms with Crippen LogP contribution >= 0.6 is 0 Å². The fourth-order valence-corrected chi connectivity index (χ4v) is 1.38. The zero-order chi connectivity index (χ0) is 13.0. The molecule has 1 heterocycles. The van der Waals surface area contributed by atoms with Crippen LogP contribution in [-0.4, -0.2) is 16.1 Å². The largest absolute Gasteiger partial charge is 0.478 e. The van der Waals surface area contributed by atoms with E-state index in [0.29, 0.717) is 5.88 Å². The Bertz CT molecular complexity index is 557. The van der Waals surface area contributed by atoms with Gasteiger partial charge in [-0.25, -0.2) is 14.2 Å². The number of benzene rings is 1. The molecular weight excluding hydrogens is 237 g/mol. The normalized spacial score (nSPS) is 10.1. The molecule has 0 aliphatic rings. The predicted molar refractivity (Wildman–Crippen MR) is 61.9 cm³/mol. The number of halogens is 1. The van der Waals surface area contributed by atoms with E-state index in [0.717, 1.165) is 6.07 Å². The molecule has 0 aliphatic carbocycles. The van der Waals surface area contributed by atoms with Crippen LogP contribution in [0.3, 0.4) is 0 Å². The molecule has 0 spiro atoms. The number of hydrogen-bond acceptors (Lipinski definition) is 3. The van der Waals surface area contributed by atoms with Crippen LogP contribution in [0.15, 0.2) is 42.6 Å². The molecule has 0 atom stereocenters. The molecule has 0 radical (unpaired) electrons. The summed E-state index contributed by atoms with van der Waals surface area (Å²) in [6.45, 7) is 0.00272. The molecular formula is C13H10FNO3. The molecule has 1 aromatic heterocycles. The van der Waals surface area contributed by atoms with Crippen LogP contribution in [0.1, 0.15) is 15.9 Å². The summed E-state index contributed by atoms with van der Waals surface area (Å²) in [5.74, 6) is -1.38. The smallest absolute Gasteiger partial charge is 0.335 e. The van der Waals surface area contributed by atoms with Crippen LogP contribution in [0, 0.1) is 5.82 Å². The highest BCUT2D eigenvalue weighted by Crippen LogP contribution is 2.13. The van der Waals surface area contributed by atoms with E-state index >= 15 is 0 Å². The Morgan fingerprint density at radius 3 is 2.78 bits per heavy atom. The lowest BCUT2D eigenvalue weighted by molar-refractivity contribution is 0.0696. The maximum absolute atomic E-state index is 13.5. The molecule has 0 saturated carbocycles.